The van der Waals surface area contributed by atoms with E-state index >= 15 is 0 Å². The van der Waals surface area contributed by atoms with E-state index in [2.05, 4.69) is 36.0 Å². The fraction of sp³-hybridized carbons (Fsp3) is 0.588. The zero-order chi connectivity index (χ0) is 17.7. The van der Waals surface area contributed by atoms with Crippen LogP contribution in [0.4, 0.5) is 11.4 Å². The molecule has 1 atom stereocenters. The quantitative estimate of drug-likeness (QED) is 0.635. The Hall–Kier alpha value is -2.17. The van der Waals surface area contributed by atoms with Crippen LogP contribution in [0.2, 0.25) is 0 Å². The first kappa shape index (κ1) is 18.2. The summed E-state index contributed by atoms with van der Waals surface area (Å²) in [5, 5.41) is 23.4. The summed E-state index contributed by atoms with van der Waals surface area (Å²) in [5.41, 5.74) is 0.907. The summed E-state index contributed by atoms with van der Waals surface area (Å²) in [7, 11) is 2.13. The van der Waals surface area contributed by atoms with E-state index < -0.39 is 4.92 Å². The van der Waals surface area contributed by atoms with Gasteiger partial charge < -0.3 is 10.2 Å². The monoisotopic (exact) mass is 331 g/mol. The number of hydrogen-bond donors (Lipinski definition) is 1. The summed E-state index contributed by atoms with van der Waals surface area (Å²) in [4.78, 5) is 15.2. The Morgan fingerprint density at radius 3 is 2.54 bits per heavy atom. The number of hydrogen-bond acceptors (Lipinski definition) is 6. The van der Waals surface area contributed by atoms with Crippen molar-refractivity contribution in [3.63, 3.8) is 0 Å². The van der Waals surface area contributed by atoms with Gasteiger partial charge >= 0.3 is 0 Å². The van der Waals surface area contributed by atoms with Gasteiger partial charge in [0.2, 0.25) is 0 Å². The molecular weight excluding hydrogens is 306 g/mol. The van der Waals surface area contributed by atoms with Gasteiger partial charge in [0, 0.05) is 50.9 Å². The van der Waals surface area contributed by atoms with E-state index in [0.717, 1.165) is 26.2 Å². The molecule has 24 heavy (non-hydrogen) atoms. The van der Waals surface area contributed by atoms with Crippen LogP contribution in [0.3, 0.4) is 0 Å². The van der Waals surface area contributed by atoms with Gasteiger partial charge in [0.1, 0.15) is 6.07 Å². The maximum absolute atomic E-state index is 10.8. The Morgan fingerprint density at radius 1 is 1.33 bits per heavy atom. The van der Waals surface area contributed by atoms with E-state index in [1.165, 1.54) is 12.1 Å². The van der Waals surface area contributed by atoms with Gasteiger partial charge in [-0.1, -0.05) is 13.8 Å². The summed E-state index contributed by atoms with van der Waals surface area (Å²) < 4.78 is 0. The van der Waals surface area contributed by atoms with E-state index in [4.69, 9.17) is 0 Å². The lowest BCUT2D eigenvalue weighted by Crippen LogP contribution is -2.52. The lowest BCUT2D eigenvalue weighted by atomic mass is 10.0. The van der Waals surface area contributed by atoms with Gasteiger partial charge in [-0.15, -0.1) is 0 Å². The van der Waals surface area contributed by atoms with Crippen LogP contribution in [0.15, 0.2) is 18.2 Å². The predicted octanol–water partition coefficient (Wildman–Crippen LogP) is 2.15. The molecule has 0 spiro atoms. The van der Waals surface area contributed by atoms with Crippen molar-refractivity contribution in [3.8, 4) is 6.07 Å². The molecule has 1 aliphatic heterocycles. The Morgan fingerprint density at radius 2 is 2.00 bits per heavy atom. The lowest BCUT2D eigenvalue weighted by Gasteiger charge is -2.40. The first-order valence-electron chi connectivity index (χ1n) is 8.27. The van der Waals surface area contributed by atoms with E-state index in [1.54, 1.807) is 6.07 Å². The van der Waals surface area contributed by atoms with Crippen LogP contribution in [-0.4, -0.2) is 60.5 Å². The van der Waals surface area contributed by atoms with Gasteiger partial charge in [-0.25, -0.2) is 0 Å². The average molecular weight is 331 g/mol. The Kier molecular flexibility index (Phi) is 6.12. The zero-order valence-electron chi connectivity index (χ0n) is 14.5. The fourth-order valence-electron chi connectivity index (χ4n) is 3.05. The molecule has 7 nitrogen and oxygen atoms in total. The van der Waals surface area contributed by atoms with E-state index in [0.29, 0.717) is 29.8 Å². The number of nitro groups is 1. The normalized spacial score (nSPS) is 17.5. The van der Waals surface area contributed by atoms with Gasteiger partial charge in [-0.3, -0.25) is 15.0 Å². The Balaban J connectivity index is 2.07. The third kappa shape index (κ3) is 4.43. The highest BCUT2D eigenvalue weighted by atomic mass is 16.6. The fourth-order valence-corrected chi connectivity index (χ4v) is 3.05. The number of non-ortho nitro benzene ring substituents is 1. The number of nitrogens with zero attached hydrogens (tertiary/aromatic N) is 4. The van der Waals surface area contributed by atoms with Gasteiger partial charge in [-0.05, 0) is 19.0 Å². The highest BCUT2D eigenvalue weighted by molar-refractivity contribution is 5.61. The van der Waals surface area contributed by atoms with E-state index in [-0.39, 0.29) is 5.69 Å². The summed E-state index contributed by atoms with van der Waals surface area (Å²) in [6.07, 6.45) is 0. The molecule has 1 heterocycles. The molecule has 1 fully saturated rings. The minimum absolute atomic E-state index is 0.0587. The van der Waals surface area contributed by atoms with Crippen molar-refractivity contribution in [2.75, 3.05) is 45.1 Å². The second-order valence-electron chi connectivity index (χ2n) is 6.63. The standard InChI is InChI=1S/C17H25N5O2/c1-13(2)17(21-8-6-20(3)7-9-21)12-19-16-5-4-15(22(23)24)10-14(16)11-18/h4-5,10,13,17,19H,6-9,12H2,1-3H3. The minimum atomic E-state index is -0.480. The Labute approximate surface area is 143 Å². The molecule has 0 bridgehead atoms. The molecule has 7 heteroatoms. The number of benzene rings is 1. The van der Waals surface area contributed by atoms with Crippen molar-refractivity contribution >= 4 is 11.4 Å². The average Bonchev–Trinajstić information content (AvgIpc) is 2.56. The maximum Gasteiger partial charge on any atom is 0.270 e. The van der Waals surface area contributed by atoms with Crippen molar-refractivity contribution in [1.29, 1.82) is 5.26 Å². The number of likely N-dealkylation sites (N-methyl/N-ethyl adjacent to an activating group) is 1. The molecule has 1 aromatic carbocycles. The van der Waals surface area contributed by atoms with Crippen molar-refractivity contribution in [3.05, 3.63) is 33.9 Å². The number of piperazine rings is 1. The molecule has 1 aliphatic rings. The minimum Gasteiger partial charge on any atom is -0.382 e. The van der Waals surface area contributed by atoms with Gasteiger partial charge in [0.15, 0.2) is 0 Å². The molecule has 0 saturated carbocycles. The zero-order valence-corrected chi connectivity index (χ0v) is 14.5. The van der Waals surface area contributed by atoms with Crippen LogP contribution in [0.25, 0.3) is 0 Å². The highest BCUT2D eigenvalue weighted by Crippen LogP contribution is 2.22. The molecular formula is C17H25N5O2. The summed E-state index contributed by atoms with van der Waals surface area (Å²) in [6.45, 7) is 9.30. The van der Waals surface area contributed by atoms with E-state index in [9.17, 15) is 15.4 Å². The lowest BCUT2D eigenvalue weighted by molar-refractivity contribution is -0.384. The van der Waals surface area contributed by atoms with Crippen molar-refractivity contribution in [2.45, 2.75) is 19.9 Å². The topological polar surface area (TPSA) is 85.4 Å². The summed E-state index contributed by atoms with van der Waals surface area (Å²) in [5.74, 6) is 0.476. The molecule has 0 radical (unpaired) electrons. The molecule has 1 aromatic rings. The molecule has 0 aliphatic carbocycles. The maximum atomic E-state index is 10.8. The number of nitriles is 1. The smallest absolute Gasteiger partial charge is 0.270 e. The second-order valence-corrected chi connectivity index (χ2v) is 6.63. The van der Waals surface area contributed by atoms with Crippen LogP contribution in [0.1, 0.15) is 19.4 Å². The van der Waals surface area contributed by atoms with Gasteiger partial charge in [-0.2, -0.15) is 5.26 Å². The van der Waals surface area contributed by atoms with Crippen LogP contribution in [0, 0.1) is 27.4 Å². The molecule has 130 valence electrons. The Bertz CT molecular complexity index is 618. The number of nitrogens with one attached hydrogen (secondary N) is 1. The number of anilines is 1. The third-order valence-corrected chi connectivity index (χ3v) is 4.61. The van der Waals surface area contributed by atoms with Gasteiger partial charge in [0.05, 0.1) is 16.2 Å². The van der Waals surface area contributed by atoms with E-state index in [1.807, 2.05) is 6.07 Å². The second kappa shape index (κ2) is 8.08. The van der Waals surface area contributed by atoms with Crippen LogP contribution in [0.5, 0.6) is 0 Å². The first-order valence-corrected chi connectivity index (χ1v) is 8.27. The molecule has 1 N–H and O–H groups in total. The SMILES string of the molecule is CC(C)C(CNc1ccc([N+](=O)[O-])cc1C#N)N1CCN(C)CC1. The summed E-state index contributed by atoms with van der Waals surface area (Å²) >= 11 is 0. The van der Waals surface area contributed by atoms with Gasteiger partial charge in [0.25, 0.3) is 5.69 Å². The molecule has 0 aromatic heterocycles. The third-order valence-electron chi connectivity index (χ3n) is 4.61. The van der Waals surface area contributed by atoms with Crippen molar-refractivity contribution in [1.82, 2.24) is 9.80 Å². The molecule has 2 rings (SSSR count). The van der Waals surface area contributed by atoms with Crippen LogP contribution in [-0.2, 0) is 0 Å². The largest absolute Gasteiger partial charge is 0.382 e. The summed E-state index contributed by atoms with van der Waals surface area (Å²) in [6, 6.07) is 6.78. The van der Waals surface area contributed by atoms with Crippen molar-refractivity contribution in [2.24, 2.45) is 5.92 Å². The van der Waals surface area contributed by atoms with Crippen molar-refractivity contribution < 1.29 is 4.92 Å². The number of nitro benzene ring substituents is 1. The molecule has 1 unspecified atom stereocenters. The highest BCUT2D eigenvalue weighted by Gasteiger charge is 2.25. The van der Waals surface area contributed by atoms with Crippen LogP contribution >= 0.6 is 0 Å². The molecule has 0 amide bonds. The predicted molar refractivity (Wildman–Crippen MR) is 94.0 cm³/mol. The first-order chi connectivity index (χ1) is 11.4. The van der Waals surface area contributed by atoms with Crippen LogP contribution < -0.4 is 5.32 Å². The molecule has 1 saturated heterocycles. The number of rotatable bonds is 6.